The van der Waals surface area contributed by atoms with Crippen molar-refractivity contribution in [1.82, 2.24) is 4.90 Å². The van der Waals surface area contributed by atoms with Crippen molar-refractivity contribution in [2.75, 3.05) is 31.6 Å². The van der Waals surface area contributed by atoms with Gasteiger partial charge < -0.3 is 5.73 Å². The molecule has 0 saturated heterocycles. The first kappa shape index (κ1) is 15.9. The van der Waals surface area contributed by atoms with Crippen LogP contribution in [0.2, 0.25) is 0 Å². The second kappa shape index (κ2) is 6.57. The Bertz CT molecular complexity index is 276. The predicted molar refractivity (Wildman–Crippen MR) is 69.3 cm³/mol. The molecule has 0 aromatic rings. The van der Waals surface area contributed by atoms with E-state index in [1.54, 1.807) is 0 Å². The molecular weight excluding hydrogens is 224 g/mol. The molecule has 0 spiro atoms. The Morgan fingerprint density at radius 1 is 1.19 bits per heavy atom. The average Bonchev–Trinajstić information content (AvgIpc) is 2.23. The summed E-state index contributed by atoms with van der Waals surface area (Å²) in [6.07, 6.45) is 3.19. The molecule has 0 fully saturated rings. The smallest absolute Gasteiger partial charge is 0.148 e. The lowest BCUT2D eigenvalue weighted by atomic mass is 9.90. The maximum Gasteiger partial charge on any atom is 0.148 e. The minimum Gasteiger partial charge on any atom is -0.329 e. The molecule has 4 nitrogen and oxygen atoms in total. The molecule has 0 unspecified atom stereocenters. The van der Waals surface area contributed by atoms with Crippen LogP contribution >= 0.6 is 0 Å². The Kier molecular flexibility index (Phi) is 6.51. The molecule has 0 atom stereocenters. The maximum absolute atomic E-state index is 11.2. The van der Waals surface area contributed by atoms with Crippen LogP contribution in [0.5, 0.6) is 0 Å². The van der Waals surface area contributed by atoms with Crippen LogP contribution in [0.4, 0.5) is 0 Å². The molecule has 0 aliphatic heterocycles. The zero-order chi connectivity index (χ0) is 12.8. The molecule has 0 bridgehead atoms. The van der Waals surface area contributed by atoms with Gasteiger partial charge in [-0.15, -0.1) is 0 Å². The van der Waals surface area contributed by atoms with Crippen molar-refractivity contribution < 1.29 is 8.42 Å². The molecule has 16 heavy (non-hydrogen) atoms. The van der Waals surface area contributed by atoms with Crippen molar-refractivity contribution in [3.63, 3.8) is 0 Å². The van der Waals surface area contributed by atoms with Gasteiger partial charge in [-0.1, -0.05) is 20.8 Å². The van der Waals surface area contributed by atoms with Gasteiger partial charge in [-0.2, -0.15) is 0 Å². The average molecular weight is 250 g/mol. The van der Waals surface area contributed by atoms with E-state index >= 15 is 0 Å². The first-order chi connectivity index (χ1) is 7.35. The van der Waals surface area contributed by atoms with E-state index < -0.39 is 9.84 Å². The van der Waals surface area contributed by atoms with Gasteiger partial charge in [-0.05, 0) is 19.4 Å². The number of nitrogens with two attached hydrogens (primary N) is 1. The minimum atomic E-state index is -2.90. The van der Waals surface area contributed by atoms with Crippen molar-refractivity contribution >= 4 is 9.84 Å². The van der Waals surface area contributed by atoms with E-state index in [1.807, 2.05) is 0 Å². The molecule has 0 radical (unpaired) electrons. The van der Waals surface area contributed by atoms with Gasteiger partial charge in [-0.3, -0.25) is 4.90 Å². The van der Waals surface area contributed by atoms with Crippen molar-refractivity contribution in [2.24, 2.45) is 5.73 Å². The number of hydrogen-bond acceptors (Lipinski definition) is 4. The van der Waals surface area contributed by atoms with Gasteiger partial charge in [0.2, 0.25) is 0 Å². The van der Waals surface area contributed by atoms with Crippen LogP contribution in [0.15, 0.2) is 0 Å². The van der Waals surface area contributed by atoms with Gasteiger partial charge in [0.15, 0.2) is 0 Å². The van der Waals surface area contributed by atoms with Crippen LogP contribution in [-0.2, 0) is 9.84 Å². The first-order valence-electron chi connectivity index (χ1n) is 5.98. The van der Waals surface area contributed by atoms with Crippen LogP contribution in [0.3, 0.4) is 0 Å². The fourth-order valence-corrected chi connectivity index (χ4v) is 2.67. The zero-order valence-electron chi connectivity index (χ0n) is 11.0. The summed E-state index contributed by atoms with van der Waals surface area (Å²) >= 11 is 0. The zero-order valence-corrected chi connectivity index (χ0v) is 11.8. The topological polar surface area (TPSA) is 63.4 Å². The lowest BCUT2D eigenvalue weighted by Crippen LogP contribution is -2.54. The highest BCUT2D eigenvalue weighted by Gasteiger charge is 2.31. The number of rotatable bonds is 8. The molecule has 2 N–H and O–H groups in total. The minimum absolute atomic E-state index is 0.0422. The molecule has 0 amide bonds. The summed E-state index contributed by atoms with van der Waals surface area (Å²) < 4.78 is 22.4. The SMILES string of the molecule is CCN(CCS(C)(=O)=O)C(CC)(CC)CN. The summed E-state index contributed by atoms with van der Waals surface area (Å²) in [5.41, 5.74) is 5.81. The summed E-state index contributed by atoms with van der Waals surface area (Å²) in [5, 5.41) is 0. The fourth-order valence-electron chi connectivity index (χ4n) is 2.12. The van der Waals surface area contributed by atoms with Crippen molar-refractivity contribution in [1.29, 1.82) is 0 Å². The lowest BCUT2D eigenvalue weighted by molar-refractivity contribution is 0.0981. The quantitative estimate of drug-likeness (QED) is 0.694. The van der Waals surface area contributed by atoms with Crippen molar-refractivity contribution in [2.45, 2.75) is 39.2 Å². The Morgan fingerprint density at radius 2 is 1.69 bits per heavy atom. The highest BCUT2D eigenvalue weighted by atomic mass is 32.2. The predicted octanol–water partition coefficient (Wildman–Crippen LogP) is 0.870. The maximum atomic E-state index is 11.2. The standard InChI is InChI=1S/C11H26N2O2S/c1-5-11(6-2,10-12)13(7-3)8-9-16(4,14)15/h5-10,12H2,1-4H3. The van der Waals surface area contributed by atoms with Gasteiger partial charge in [0.25, 0.3) is 0 Å². The molecule has 0 aliphatic rings. The Morgan fingerprint density at radius 3 is 1.94 bits per heavy atom. The Hall–Kier alpha value is -0.130. The number of sulfone groups is 1. The molecular formula is C11H26N2O2S. The van der Waals surface area contributed by atoms with Crippen LogP contribution < -0.4 is 5.73 Å². The van der Waals surface area contributed by atoms with Crippen LogP contribution in [0.25, 0.3) is 0 Å². The third-order valence-corrected chi connectivity index (χ3v) is 4.40. The third kappa shape index (κ3) is 4.39. The Labute approximate surface area is 100 Å². The largest absolute Gasteiger partial charge is 0.329 e. The monoisotopic (exact) mass is 250 g/mol. The van der Waals surface area contributed by atoms with Crippen molar-refractivity contribution in [3.05, 3.63) is 0 Å². The second-order valence-electron chi connectivity index (χ2n) is 4.35. The summed E-state index contributed by atoms with van der Waals surface area (Å²) in [6, 6.07) is 0. The highest BCUT2D eigenvalue weighted by Crippen LogP contribution is 2.22. The van der Waals surface area contributed by atoms with Crippen molar-refractivity contribution in [3.8, 4) is 0 Å². The number of nitrogens with zero attached hydrogens (tertiary/aromatic N) is 1. The van der Waals surface area contributed by atoms with E-state index in [-0.39, 0.29) is 11.3 Å². The molecule has 0 aromatic carbocycles. The molecule has 0 saturated carbocycles. The molecule has 0 aromatic heterocycles. The van der Waals surface area contributed by atoms with Crippen LogP contribution in [0.1, 0.15) is 33.6 Å². The van der Waals surface area contributed by atoms with E-state index in [2.05, 4.69) is 25.7 Å². The summed E-state index contributed by atoms with van der Waals surface area (Å²) in [7, 11) is -2.90. The normalized spacial score (nSPS) is 13.4. The van der Waals surface area contributed by atoms with Gasteiger partial charge in [0, 0.05) is 24.9 Å². The van der Waals surface area contributed by atoms with Crippen LogP contribution in [-0.4, -0.2) is 50.5 Å². The lowest BCUT2D eigenvalue weighted by Gasteiger charge is -2.42. The van der Waals surface area contributed by atoms with E-state index in [9.17, 15) is 8.42 Å². The Balaban J connectivity index is 4.69. The fraction of sp³-hybridized carbons (Fsp3) is 1.00. The summed E-state index contributed by atoms with van der Waals surface area (Å²) in [6.45, 7) is 8.27. The highest BCUT2D eigenvalue weighted by molar-refractivity contribution is 7.90. The second-order valence-corrected chi connectivity index (χ2v) is 6.60. The molecule has 0 heterocycles. The summed E-state index contributed by atoms with van der Waals surface area (Å²) in [4.78, 5) is 2.20. The van der Waals surface area contributed by atoms with E-state index in [0.29, 0.717) is 13.1 Å². The number of hydrogen-bond donors (Lipinski definition) is 1. The first-order valence-corrected chi connectivity index (χ1v) is 8.04. The van der Waals surface area contributed by atoms with E-state index in [1.165, 1.54) is 6.26 Å². The molecule has 98 valence electrons. The third-order valence-electron chi connectivity index (χ3n) is 3.48. The molecule has 5 heteroatoms. The number of likely N-dealkylation sites (N-methyl/N-ethyl adjacent to an activating group) is 1. The van der Waals surface area contributed by atoms with E-state index in [0.717, 1.165) is 19.4 Å². The van der Waals surface area contributed by atoms with E-state index in [4.69, 9.17) is 5.73 Å². The van der Waals surface area contributed by atoms with Gasteiger partial charge >= 0.3 is 0 Å². The molecule has 0 rings (SSSR count). The van der Waals surface area contributed by atoms with Gasteiger partial charge in [-0.25, -0.2) is 8.42 Å². The van der Waals surface area contributed by atoms with Gasteiger partial charge in [0.1, 0.15) is 9.84 Å². The van der Waals surface area contributed by atoms with Crippen LogP contribution in [0, 0.1) is 0 Å². The summed E-state index contributed by atoms with van der Waals surface area (Å²) in [5.74, 6) is 0.211. The molecule has 0 aliphatic carbocycles. The van der Waals surface area contributed by atoms with Gasteiger partial charge in [0.05, 0.1) is 5.75 Å².